The SMILES string of the molecule is C=CCO[C@@]12Oc3ccc(O)cc3[C@H]3[C@H](CCCCO)[C@@H](CCCCO)C=C(C(=NOCc4ccc([N+](=O)[O-])cc4)C[C@@H]1N(C)C(=O)CCCCCCCCCCC)[C@H]32. The smallest absolute Gasteiger partial charge is 0.269 e. The molecule has 0 radical (unpaired) electrons. The number of nitrogens with zero attached hydrogens (tertiary/aromatic N) is 3. The molecule has 0 spiro atoms. The Morgan fingerprint density at radius 3 is 2.32 bits per heavy atom. The Kier molecular flexibility index (Phi) is 17.8. The number of aromatic hydroxyl groups is 1. The Hall–Kier alpha value is -4.26. The second kappa shape index (κ2) is 22.9. The molecular weight excluding hydrogens is 751 g/mol. The first-order valence-electron chi connectivity index (χ1n) is 22.1. The number of carbonyl (C=O) groups excluding carboxylic acids is 1. The largest absolute Gasteiger partial charge is 0.508 e. The van der Waals surface area contributed by atoms with Crippen LogP contribution in [-0.2, 0) is 21.0 Å². The van der Waals surface area contributed by atoms with Crippen LogP contribution in [0.5, 0.6) is 11.5 Å². The highest BCUT2D eigenvalue weighted by Gasteiger charge is 2.65. The summed E-state index contributed by atoms with van der Waals surface area (Å²) in [5, 5.41) is 46.6. The zero-order valence-electron chi connectivity index (χ0n) is 35.3. The van der Waals surface area contributed by atoms with Crippen molar-refractivity contribution in [2.24, 2.45) is 22.9 Å². The summed E-state index contributed by atoms with van der Waals surface area (Å²) in [6.07, 6.45) is 19.5. The van der Waals surface area contributed by atoms with E-state index in [4.69, 9.17) is 19.5 Å². The van der Waals surface area contributed by atoms with E-state index in [0.717, 1.165) is 61.6 Å². The van der Waals surface area contributed by atoms with Gasteiger partial charge in [-0.1, -0.05) is 88.4 Å². The maximum Gasteiger partial charge on any atom is 0.269 e. The summed E-state index contributed by atoms with van der Waals surface area (Å²) in [6, 6.07) is 10.8. The number of likely N-dealkylation sites (N-methyl/N-ethyl adjacent to an activating group) is 1. The van der Waals surface area contributed by atoms with E-state index in [9.17, 15) is 30.2 Å². The molecule has 6 atom stereocenters. The average molecular weight is 818 g/mol. The van der Waals surface area contributed by atoms with Gasteiger partial charge in [-0.15, -0.1) is 6.58 Å². The molecule has 1 saturated carbocycles. The Labute approximate surface area is 350 Å². The normalized spacial score (nSPS) is 23.8. The van der Waals surface area contributed by atoms with Crippen LogP contribution in [0.3, 0.4) is 0 Å². The van der Waals surface area contributed by atoms with Gasteiger partial charge in [-0.2, -0.15) is 0 Å². The van der Waals surface area contributed by atoms with Crippen molar-refractivity contribution in [3.8, 4) is 11.5 Å². The minimum Gasteiger partial charge on any atom is -0.508 e. The number of oxime groups is 1. The number of ether oxygens (including phenoxy) is 2. The van der Waals surface area contributed by atoms with Crippen molar-refractivity contribution in [2.75, 3.05) is 26.9 Å². The van der Waals surface area contributed by atoms with E-state index in [-0.39, 0.29) is 67.9 Å². The highest BCUT2D eigenvalue weighted by molar-refractivity contribution is 6.03. The third-order valence-electron chi connectivity index (χ3n) is 12.6. The van der Waals surface area contributed by atoms with Crippen LogP contribution in [0.25, 0.3) is 0 Å². The fourth-order valence-electron chi connectivity index (χ4n) is 9.57. The lowest BCUT2D eigenvalue weighted by molar-refractivity contribution is -0.384. The van der Waals surface area contributed by atoms with Gasteiger partial charge in [0, 0.05) is 56.7 Å². The number of unbranched alkanes of at least 4 members (excludes halogenated alkanes) is 10. The molecule has 0 bridgehead atoms. The van der Waals surface area contributed by atoms with Crippen LogP contribution in [0.1, 0.15) is 133 Å². The number of hydrogen-bond acceptors (Lipinski definition) is 10. The van der Waals surface area contributed by atoms with Crippen LogP contribution in [-0.4, -0.2) is 75.5 Å². The number of phenolic OH excluding ortho intramolecular Hbond substituents is 1. The molecule has 0 unspecified atom stereocenters. The minimum absolute atomic E-state index is 0.00746. The first-order chi connectivity index (χ1) is 28.7. The third-order valence-corrected chi connectivity index (χ3v) is 12.6. The molecule has 0 aromatic heterocycles. The number of carbonyl (C=O) groups is 1. The lowest BCUT2D eigenvalue weighted by Crippen LogP contribution is -2.69. The maximum absolute atomic E-state index is 14.3. The van der Waals surface area contributed by atoms with Gasteiger partial charge in [-0.3, -0.25) is 14.9 Å². The molecular formula is C47H67N3O9. The van der Waals surface area contributed by atoms with Gasteiger partial charge in [0.15, 0.2) is 0 Å². The van der Waals surface area contributed by atoms with Gasteiger partial charge in [0.05, 0.1) is 23.2 Å². The molecule has 3 aliphatic rings. The predicted molar refractivity (Wildman–Crippen MR) is 229 cm³/mol. The Bertz CT molecular complexity index is 1730. The predicted octanol–water partition coefficient (Wildman–Crippen LogP) is 9.51. The molecule has 12 heteroatoms. The van der Waals surface area contributed by atoms with Crippen LogP contribution in [0.15, 0.2) is 71.9 Å². The zero-order valence-corrected chi connectivity index (χ0v) is 35.3. The number of allylic oxidation sites excluding steroid dienone is 1. The number of nitro groups is 1. The number of rotatable bonds is 26. The second-order valence-corrected chi connectivity index (χ2v) is 16.6. The third kappa shape index (κ3) is 11.5. The van der Waals surface area contributed by atoms with Gasteiger partial charge >= 0.3 is 0 Å². The molecule has 2 aromatic carbocycles. The quantitative estimate of drug-likeness (QED) is 0.0363. The number of aliphatic hydroxyl groups is 2. The van der Waals surface area contributed by atoms with Crippen LogP contribution < -0.4 is 4.74 Å². The molecule has 2 aliphatic carbocycles. The molecule has 1 aliphatic heterocycles. The summed E-state index contributed by atoms with van der Waals surface area (Å²) in [5.74, 6) is -1.22. The van der Waals surface area contributed by atoms with E-state index in [1.807, 2.05) is 7.05 Å². The van der Waals surface area contributed by atoms with Crippen molar-refractivity contribution in [2.45, 2.75) is 140 Å². The Balaban J connectivity index is 1.56. The summed E-state index contributed by atoms with van der Waals surface area (Å²) >= 11 is 0. The molecule has 1 amide bonds. The number of nitro benzene ring substituents is 1. The molecule has 324 valence electrons. The van der Waals surface area contributed by atoms with Crippen molar-refractivity contribution in [3.63, 3.8) is 0 Å². The number of fused-ring (bicyclic) bond motifs is 2. The first kappa shape index (κ1) is 45.8. The maximum atomic E-state index is 14.3. The molecule has 1 heterocycles. The molecule has 1 fully saturated rings. The van der Waals surface area contributed by atoms with Crippen molar-refractivity contribution in [1.29, 1.82) is 0 Å². The van der Waals surface area contributed by atoms with Crippen molar-refractivity contribution < 1.29 is 39.3 Å². The number of non-ortho nitro benzene ring substituents is 1. The van der Waals surface area contributed by atoms with Crippen molar-refractivity contribution >= 4 is 17.3 Å². The van der Waals surface area contributed by atoms with Gasteiger partial charge in [0.2, 0.25) is 11.7 Å². The number of hydrogen-bond donors (Lipinski definition) is 3. The molecule has 3 N–H and O–H groups in total. The fraction of sp³-hybridized carbons (Fsp3) is 0.617. The highest BCUT2D eigenvalue weighted by atomic mass is 16.7. The summed E-state index contributed by atoms with van der Waals surface area (Å²) in [4.78, 5) is 33.0. The van der Waals surface area contributed by atoms with Gasteiger partial charge in [-0.05, 0) is 85.4 Å². The second-order valence-electron chi connectivity index (χ2n) is 16.6. The van der Waals surface area contributed by atoms with E-state index < -0.39 is 22.7 Å². The number of amides is 1. The Morgan fingerprint density at radius 2 is 1.66 bits per heavy atom. The first-order valence-corrected chi connectivity index (χ1v) is 22.1. The average Bonchev–Trinajstić information content (AvgIpc) is 3.23. The van der Waals surface area contributed by atoms with Gasteiger partial charge in [-0.25, -0.2) is 0 Å². The van der Waals surface area contributed by atoms with Gasteiger partial charge < -0.3 is 34.5 Å². The number of benzene rings is 2. The number of aliphatic hydroxyl groups excluding tert-OH is 2. The van der Waals surface area contributed by atoms with Gasteiger partial charge in [0.25, 0.3) is 5.69 Å². The summed E-state index contributed by atoms with van der Waals surface area (Å²) in [7, 11) is 1.83. The highest BCUT2D eigenvalue weighted by Crippen LogP contribution is 2.61. The van der Waals surface area contributed by atoms with E-state index in [2.05, 4.69) is 19.6 Å². The Morgan fingerprint density at radius 1 is 0.983 bits per heavy atom. The zero-order chi connectivity index (χ0) is 42.2. The van der Waals surface area contributed by atoms with Crippen molar-refractivity contribution in [1.82, 2.24) is 4.90 Å². The number of phenols is 1. The topological polar surface area (TPSA) is 164 Å². The molecule has 0 saturated heterocycles. The van der Waals surface area contributed by atoms with E-state index in [1.165, 1.54) is 50.7 Å². The van der Waals surface area contributed by atoms with Crippen LogP contribution in [0, 0.1) is 27.9 Å². The van der Waals surface area contributed by atoms with Gasteiger partial charge in [0.1, 0.15) is 24.1 Å². The summed E-state index contributed by atoms with van der Waals surface area (Å²) in [6.45, 7) is 6.63. The molecule has 12 nitrogen and oxygen atoms in total. The fourth-order valence-corrected chi connectivity index (χ4v) is 9.57. The monoisotopic (exact) mass is 817 g/mol. The van der Waals surface area contributed by atoms with E-state index in [0.29, 0.717) is 30.7 Å². The summed E-state index contributed by atoms with van der Waals surface area (Å²) in [5.41, 5.74) is 3.14. The summed E-state index contributed by atoms with van der Waals surface area (Å²) < 4.78 is 14.0. The lowest BCUT2D eigenvalue weighted by atomic mass is 9.55. The van der Waals surface area contributed by atoms with Crippen LogP contribution in [0.4, 0.5) is 5.69 Å². The molecule has 5 rings (SSSR count). The van der Waals surface area contributed by atoms with Crippen molar-refractivity contribution in [3.05, 3.63) is 88.0 Å². The van der Waals surface area contributed by atoms with Crippen LogP contribution in [0.2, 0.25) is 0 Å². The standard InChI is InChI=1S/C47H67N3O9/c1-4-6-7-8-9-10-11-12-13-20-44(54)49(3)43-32-41(48-58-33-34-21-23-36(24-22-34)50(55)56)39-30-35(18-14-16-27-51)38(19-15-17-28-52)45-40-31-37(53)25-26-42(40)59-47(43,46(39)45)57-29-5-2/h5,21-26,30-31,35,38,43,45-46,51-53H,2,4,6-20,27-29,32-33H2,1,3H3/t35-,38+,43-,45+,46+,47+/m0/s1. The molecule has 59 heavy (non-hydrogen) atoms. The van der Waals surface area contributed by atoms with Crippen LogP contribution >= 0.6 is 0 Å². The minimum atomic E-state index is -1.35. The molecule has 2 aromatic rings. The van der Waals surface area contributed by atoms with E-state index in [1.54, 1.807) is 41.3 Å². The lowest BCUT2D eigenvalue weighted by Gasteiger charge is -2.59. The van der Waals surface area contributed by atoms with E-state index >= 15 is 0 Å².